The molecule has 0 unspecified atom stereocenters. The molecule has 0 fully saturated rings. The van der Waals surface area contributed by atoms with E-state index in [1.165, 1.54) is 6.42 Å². The first kappa shape index (κ1) is 16.4. The maximum atomic E-state index is 11.0. The van der Waals surface area contributed by atoms with Crippen LogP contribution in [0.1, 0.15) is 19.3 Å². The maximum absolute atomic E-state index is 11.0. The molecular formula is C19H21N5O2. The molecule has 0 radical (unpaired) electrons. The van der Waals surface area contributed by atoms with Crippen molar-refractivity contribution in [2.24, 2.45) is 11.7 Å². The standard InChI is InChI=1S/C19H21N5O2/c20-17(25)12-26-16-9-5-4-8-14(16)18-22-15-10-21-24(19(15)23-18)11-13-6-2-1-3-7-13/h1-2,4-5,8-10,13H,3,6-7,11-12H2,(H2,20,25)(H,22,23)/t13-/m1/s1. The highest BCUT2D eigenvalue weighted by atomic mass is 16.5. The zero-order valence-electron chi connectivity index (χ0n) is 14.4. The molecule has 134 valence electrons. The molecule has 7 heteroatoms. The molecule has 1 aliphatic carbocycles. The molecule has 2 aromatic heterocycles. The fourth-order valence-electron chi connectivity index (χ4n) is 3.31. The van der Waals surface area contributed by atoms with Crippen LogP contribution in [0.25, 0.3) is 22.6 Å². The maximum Gasteiger partial charge on any atom is 0.255 e. The molecule has 0 aliphatic heterocycles. The van der Waals surface area contributed by atoms with Crippen LogP contribution in [0.4, 0.5) is 0 Å². The second-order valence-electron chi connectivity index (χ2n) is 6.55. The summed E-state index contributed by atoms with van der Waals surface area (Å²) >= 11 is 0. The first-order valence-electron chi connectivity index (χ1n) is 8.77. The number of nitrogens with two attached hydrogens (primary N) is 1. The molecule has 7 nitrogen and oxygen atoms in total. The fourth-order valence-corrected chi connectivity index (χ4v) is 3.31. The van der Waals surface area contributed by atoms with Crippen LogP contribution < -0.4 is 10.5 Å². The van der Waals surface area contributed by atoms with E-state index < -0.39 is 5.91 Å². The predicted molar refractivity (Wildman–Crippen MR) is 98.5 cm³/mol. The van der Waals surface area contributed by atoms with Gasteiger partial charge in [0.15, 0.2) is 12.3 Å². The average Bonchev–Trinajstić information content (AvgIpc) is 3.23. The third-order valence-electron chi connectivity index (χ3n) is 4.60. The number of nitrogens with one attached hydrogen (secondary N) is 1. The second kappa shape index (κ2) is 7.03. The van der Waals surface area contributed by atoms with Crippen molar-refractivity contribution >= 4 is 17.1 Å². The number of allylic oxidation sites excluding steroid dienone is 2. The van der Waals surface area contributed by atoms with Gasteiger partial charge in [0.05, 0.1) is 11.8 Å². The molecule has 3 aromatic rings. The van der Waals surface area contributed by atoms with E-state index in [4.69, 9.17) is 15.5 Å². The SMILES string of the molecule is NC(=O)COc1ccccc1-c1nc2c(cnn2C[C@@H]2CC=CCC2)[nH]1. The van der Waals surface area contributed by atoms with E-state index in [2.05, 4.69) is 22.2 Å². The Morgan fingerprint density at radius 3 is 3.04 bits per heavy atom. The molecule has 4 rings (SSSR count). The highest BCUT2D eigenvalue weighted by Gasteiger charge is 2.17. The number of carbonyl (C=O) groups is 1. The number of hydrogen-bond acceptors (Lipinski definition) is 4. The van der Waals surface area contributed by atoms with Gasteiger partial charge in [0.1, 0.15) is 17.1 Å². The summed E-state index contributed by atoms with van der Waals surface area (Å²) in [6.07, 6.45) is 9.69. The van der Waals surface area contributed by atoms with Crippen molar-refractivity contribution < 1.29 is 9.53 Å². The Hall–Kier alpha value is -3.09. The number of benzene rings is 1. The van der Waals surface area contributed by atoms with Crippen molar-refractivity contribution in [1.29, 1.82) is 0 Å². The normalized spacial score (nSPS) is 16.8. The van der Waals surface area contributed by atoms with Gasteiger partial charge in [0, 0.05) is 6.54 Å². The number of nitrogens with zero attached hydrogens (tertiary/aromatic N) is 3. The quantitative estimate of drug-likeness (QED) is 0.667. The molecule has 1 amide bonds. The first-order chi connectivity index (χ1) is 12.7. The zero-order chi connectivity index (χ0) is 17.9. The van der Waals surface area contributed by atoms with E-state index in [-0.39, 0.29) is 6.61 Å². The van der Waals surface area contributed by atoms with Crippen molar-refractivity contribution in [3.8, 4) is 17.1 Å². The van der Waals surface area contributed by atoms with Gasteiger partial charge in [0.25, 0.3) is 5.91 Å². The van der Waals surface area contributed by atoms with Crippen molar-refractivity contribution in [2.45, 2.75) is 25.8 Å². The molecule has 0 saturated carbocycles. The molecule has 0 bridgehead atoms. The predicted octanol–water partition coefficient (Wildman–Crippen LogP) is 2.65. The van der Waals surface area contributed by atoms with Crippen LogP contribution in [0.15, 0.2) is 42.6 Å². The monoisotopic (exact) mass is 351 g/mol. The number of amides is 1. The third kappa shape index (κ3) is 3.33. The molecule has 26 heavy (non-hydrogen) atoms. The van der Waals surface area contributed by atoms with Gasteiger partial charge in [-0.1, -0.05) is 24.3 Å². The first-order valence-corrected chi connectivity index (χ1v) is 8.77. The van der Waals surface area contributed by atoms with Crippen molar-refractivity contribution in [3.05, 3.63) is 42.6 Å². The summed E-state index contributed by atoms with van der Waals surface area (Å²) in [6.45, 7) is 0.693. The Bertz CT molecular complexity index is 956. The van der Waals surface area contributed by atoms with Gasteiger partial charge < -0.3 is 15.5 Å². The van der Waals surface area contributed by atoms with Crippen LogP contribution in [0.3, 0.4) is 0 Å². The minimum absolute atomic E-state index is 0.166. The van der Waals surface area contributed by atoms with Gasteiger partial charge in [-0.15, -0.1) is 0 Å². The molecule has 1 aromatic carbocycles. The lowest BCUT2D eigenvalue weighted by atomic mass is 9.94. The molecule has 1 atom stereocenters. The van der Waals surface area contributed by atoms with Gasteiger partial charge in [0.2, 0.25) is 0 Å². The summed E-state index contributed by atoms with van der Waals surface area (Å²) in [5, 5.41) is 4.47. The fraction of sp³-hybridized carbons (Fsp3) is 0.316. The van der Waals surface area contributed by atoms with Crippen molar-refractivity contribution in [2.75, 3.05) is 6.61 Å². The van der Waals surface area contributed by atoms with E-state index in [1.807, 2.05) is 22.9 Å². The topological polar surface area (TPSA) is 98.8 Å². The largest absolute Gasteiger partial charge is 0.483 e. The van der Waals surface area contributed by atoms with E-state index in [1.54, 1.807) is 12.3 Å². The Labute approximate surface area is 150 Å². The van der Waals surface area contributed by atoms with Crippen LogP contribution in [0.2, 0.25) is 0 Å². The lowest BCUT2D eigenvalue weighted by molar-refractivity contribution is -0.119. The number of rotatable bonds is 6. The van der Waals surface area contributed by atoms with E-state index in [0.29, 0.717) is 17.5 Å². The number of imidazole rings is 1. The van der Waals surface area contributed by atoms with Crippen LogP contribution in [-0.4, -0.2) is 32.3 Å². The number of primary amides is 1. The van der Waals surface area contributed by atoms with Crippen LogP contribution >= 0.6 is 0 Å². The van der Waals surface area contributed by atoms with E-state index >= 15 is 0 Å². The number of hydrogen-bond donors (Lipinski definition) is 2. The van der Waals surface area contributed by atoms with E-state index in [0.717, 1.165) is 36.1 Å². The highest BCUT2D eigenvalue weighted by molar-refractivity contribution is 5.78. The van der Waals surface area contributed by atoms with Gasteiger partial charge in [-0.25, -0.2) is 9.67 Å². The number of fused-ring (bicyclic) bond motifs is 1. The van der Waals surface area contributed by atoms with Gasteiger partial charge in [-0.2, -0.15) is 5.10 Å². The summed E-state index contributed by atoms with van der Waals surface area (Å²) in [6, 6.07) is 7.45. The number of carbonyl (C=O) groups excluding carboxylic acids is 1. The summed E-state index contributed by atoms with van der Waals surface area (Å²) in [5.74, 6) is 1.34. The molecule has 3 N–H and O–H groups in total. The van der Waals surface area contributed by atoms with Gasteiger partial charge in [-0.05, 0) is 37.3 Å². The molecule has 0 spiro atoms. The lowest BCUT2D eigenvalue weighted by Crippen LogP contribution is -2.20. The molecule has 0 saturated heterocycles. The summed E-state index contributed by atoms with van der Waals surface area (Å²) in [5.41, 5.74) is 7.69. The Morgan fingerprint density at radius 2 is 2.23 bits per heavy atom. The van der Waals surface area contributed by atoms with Gasteiger partial charge >= 0.3 is 0 Å². The second-order valence-corrected chi connectivity index (χ2v) is 6.55. The number of aromatic amines is 1. The number of aromatic nitrogens is 4. The van der Waals surface area contributed by atoms with Crippen LogP contribution in [-0.2, 0) is 11.3 Å². The molecule has 2 heterocycles. The average molecular weight is 351 g/mol. The van der Waals surface area contributed by atoms with Crippen LogP contribution in [0.5, 0.6) is 5.75 Å². The number of para-hydroxylation sites is 1. The Morgan fingerprint density at radius 1 is 1.35 bits per heavy atom. The Balaban J connectivity index is 1.62. The van der Waals surface area contributed by atoms with E-state index in [9.17, 15) is 4.79 Å². The number of H-pyrrole nitrogens is 1. The summed E-state index contributed by atoms with van der Waals surface area (Å²) in [7, 11) is 0. The number of ether oxygens (including phenoxy) is 1. The van der Waals surface area contributed by atoms with Crippen LogP contribution in [0, 0.1) is 5.92 Å². The minimum Gasteiger partial charge on any atom is -0.483 e. The third-order valence-corrected chi connectivity index (χ3v) is 4.60. The van der Waals surface area contributed by atoms with Crippen molar-refractivity contribution in [1.82, 2.24) is 19.7 Å². The minimum atomic E-state index is -0.512. The smallest absolute Gasteiger partial charge is 0.255 e. The molecule has 1 aliphatic rings. The Kier molecular flexibility index (Phi) is 4.43. The molecular weight excluding hydrogens is 330 g/mol. The summed E-state index contributed by atoms with van der Waals surface area (Å²) in [4.78, 5) is 19.0. The summed E-state index contributed by atoms with van der Waals surface area (Å²) < 4.78 is 7.48. The highest BCUT2D eigenvalue weighted by Crippen LogP contribution is 2.30. The zero-order valence-corrected chi connectivity index (χ0v) is 14.4. The van der Waals surface area contributed by atoms with Gasteiger partial charge in [-0.3, -0.25) is 4.79 Å². The van der Waals surface area contributed by atoms with Crippen molar-refractivity contribution in [3.63, 3.8) is 0 Å². The lowest BCUT2D eigenvalue weighted by Gasteiger charge is -2.17.